The molecule has 0 saturated carbocycles. The van der Waals surface area contributed by atoms with Gasteiger partial charge in [-0.15, -0.1) is 0 Å². The second kappa shape index (κ2) is 7.95. The van der Waals surface area contributed by atoms with E-state index in [1.807, 2.05) is 45.0 Å². The molecule has 0 bridgehead atoms. The predicted molar refractivity (Wildman–Crippen MR) is 89.3 cm³/mol. The topological polar surface area (TPSA) is 75.7 Å². The van der Waals surface area contributed by atoms with Crippen molar-refractivity contribution in [2.45, 2.75) is 52.2 Å². The molecule has 0 aromatic heterocycles. The largest absolute Gasteiger partial charge is 0.491 e. The molecular weight excluding hydrogens is 308 g/mol. The van der Waals surface area contributed by atoms with Gasteiger partial charge in [0.15, 0.2) is 0 Å². The lowest BCUT2D eigenvalue weighted by atomic mass is 10.1. The molecule has 1 aromatic carbocycles. The first kappa shape index (κ1) is 18.0. The molecule has 6 heteroatoms. The lowest BCUT2D eigenvalue weighted by molar-refractivity contribution is -0.138. The Kier molecular flexibility index (Phi) is 5.95. The molecule has 1 fully saturated rings. The van der Waals surface area contributed by atoms with Gasteiger partial charge in [-0.05, 0) is 38.5 Å². The molecule has 1 saturated heterocycles. The van der Waals surface area contributed by atoms with E-state index < -0.39 is 0 Å². The average molecular weight is 332 g/mol. The summed E-state index contributed by atoms with van der Waals surface area (Å²) in [5, 5.41) is 2.89. The third-order valence-electron chi connectivity index (χ3n) is 3.82. The SMILES string of the molecule is CC(C)Oc1cccc(C(C)NC(=O)CCN2C(=O)CCC2=O)c1. The summed E-state index contributed by atoms with van der Waals surface area (Å²) in [5.74, 6) is 0.181. The number of carbonyl (C=O) groups is 3. The fourth-order valence-electron chi connectivity index (χ4n) is 2.61. The van der Waals surface area contributed by atoms with E-state index in [0.29, 0.717) is 0 Å². The number of carbonyl (C=O) groups excluding carboxylic acids is 3. The van der Waals surface area contributed by atoms with E-state index in [1.54, 1.807) is 0 Å². The smallest absolute Gasteiger partial charge is 0.229 e. The van der Waals surface area contributed by atoms with Crippen LogP contribution in [0.4, 0.5) is 0 Å². The van der Waals surface area contributed by atoms with Crippen molar-refractivity contribution in [3.05, 3.63) is 29.8 Å². The zero-order valence-corrected chi connectivity index (χ0v) is 14.4. The van der Waals surface area contributed by atoms with E-state index in [9.17, 15) is 14.4 Å². The van der Waals surface area contributed by atoms with Crippen molar-refractivity contribution in [3.8, 4) is 5.75 Å². The van der Waals surface area contributed by atoms with Crippen LogP contribution in [-0.4, -0.2) is 35.3 Å². The summed E-state index contributed by atoms with van der Waals surface area (Å²) in [7, 11) is 0. The first-order valence-corrected chi connectivity index (χ1v) is 8.26. The van der Waals surface area contributed by atoms with Crippen molar-refractivity contribution >= 4 is 17.7 Å². The van der Waals surface area contributed by atoms with E-state index >= 15 is 0 Å². The van der Waals surface area contributed by atoms with Crippen molar-refractivity contribution in [2.75, 3.05) is 6.54 Å². The average Bonchev–Trinajstić information content (AvgIpc) is 2.83. The fraction of sp³-hybridized carbons (Fsp3) is 0.500. The van der Waals surface area contributed by atoms with Crippen molar-refractivity contribution in [2.24, 2.45) is 0 Å². The van der Waals surface area contributed by atoms with Crippen LogP contribution in [0.2, 0.25) is 0 Å². The molecule has 0 aliphatic carbocycles. The van der Waals surface area contributed by atoms with Gasteiger partial charge in [-0.25, -0.2) is 0 Å². The Morgan fingerprint density at radius 3 is 2.50 bits per heavy atom. The van der Waals surface area contributed by atoms with Crippen LogP contribution >= 0.6 is 0 Å². The fourth-order valence-corrected chi connectivity index (χ4v) is 2.61. The van der Waals surface area contributed by atoms with Crippen LogP contribution in [0.1, 0.15) is 51.6 Å². The summed E-state index contributed by atoms with van der Waals surface area (Å²) in [5.41, 5.74) is 0.940. The van der Waals surface area contributed by atoms with Crippen molar-refractivity contribution < 1.29 is 19.1 Å². The van der Waals surface area contributed by atoms with Crippen molar-refractivity contribution in [1.82, 2.24) is 10.2 Å². The molecule has 1 unspecified atom stereocenters. The van der Waals surface area contributed by atoms with Crippen LogP contribution in [0.3, 0.4) is 0 Å². The highest BCUT2D eigenvalue weighted by Crippen LogP contribution is 2.20. The van der Waals surface area contributed by atoms with Crippen LogP contribution in [0, 0.1) is 0 Å². The van der Waals surface area contributed by atoms with Crippen LogP contribution in [-0.2, 0) is 14.4 Å². The van der Waals surface area contributed by atoms with Crippen molar-refractivity contribution in [3.63, 3.8) is 0 Å². The van der Waals surface area contributed by atoms with Crippen LogP contribution in [0.25, 0.3) is 0 Å². The van der Waals surface area contributed by atoms with Crippen LogP contribution < -0.4 is 10.1 Å². The number of hydrogen-bond acceptors (Lipinski definition) is 4. The minimum atomic E-state index is -0.195. The maximum Gasteiger partial charge on any atom is 0.229 e. The number of rotatable bonds is 7. The highest BCUT2D eigenvalue weighted by atomic mass is 16.5. The predicted octanol–water partition coefficient (Wildman–Crippen LogP) is 2.19. The monoisotopic (exact) mass is 332 g/mol. The molecule has 1 atom stereocenters. The van der Waals surface area contributed by atoms with Gasteiger partial charge in [0.1, 0.15) is 5.75 Å². The van der Waals surface area contributed by atoms with Gasteiger partial charge >= 0.3 is 0 Å². The second-order valence-electron chi connectivity index (χ2n) is 6.22. The van der Waals surface area contributed by atoms with Gasteiger partial charge in [-0.3, -0.25) is 19.3 Å². The Bertz CT molecular complexity index is 611. The molecule has 0 radical (unpaired) electrons. The Labute approximate surface area is 142 Å². The number of likely N-dealkylation sites (tertiary alicyclic amines) is 1. The van der Waals surface area contributed by atoms with Gasteiger partial charge in [-0.1, -0.05) is 12.1 Å². The number of hydrogen-bond donors (Lipinski definition) is 1. The minimum Gasteiger partial charge on any atom is -0.491 e. The molecule has 3 amide bonds. The first-order chi connectivity index (χ1) is 11.4. The summed E-state index contributed by atoms with van der Waals surface area (Å²) in [6, 6.07) is 7.41. The maximum absolute atomic E-state index is 12.1. The van der Waals surface area contributed by atoms with Crippen molar-refractivity contribution in [1.29, 1.82) is 0 Å². The zero-order chi connectivity index (χ0) is 17.7. The summed E-state index contributed by atoms with van der Waals surface area (Å²) < 4.78 is 5.65. The van der Waals surface area contributed by atoms with Gasteiger partial charge in [0, 0.05) is 25.8 Å². The van der Waals surface area contributed by atoms with Gasteiger partial charge in [0.25, 0.3) is 0 Å². The number of imide groups is 1. The molecule has 1 aliphatic heterocycles. The Hall–Kier alpha value is -2.37. The standard InChI is InChI=1S/C18H24N2O4/c1-12(2)24-15-6-4-5-14(11-15)13(3)19-16(21)9-10-20-17(22)7-8-18(20)23/h4-6,11-13H,7-10H2,1-3H3,(H,19,21). The van der Waals surface area contributed by atoms with Crippen LogP contribution in [0.5, 0.6) is 5.75 Å². The molecule has 6 nitrogen and oxygen atoms in total. The molecule has 1 aliphatic rings. The van der Waals surface area contributed by atoms with Gasteiger partial charge < -0.3 is 10.1 Å². The molecule has 0 spiro atoms. The molecule has 2 rings (SSSR count). The molecule has 130 valence electrons. The number of nitrogens with zero attached hydrogens (tertiary/aromatic N) is 1. The second-order valence-corrected chi connectivity index (χ2v) is 6.22. The number of amides is 3. The molecule has 1 aromatic rings. The number of nitrogens with one attached hydrogen (secondary N) is 1. The first-order valence-electron chi connectivity index (χ1n) is 8.26. The minimum absolute atomic E-state index is 0.0840. The van der Waals surface area contributed by atoms with E-state index in [0.717, 1.165) is 11.3 Å². The highest BCUT2D eigenvalue weighted by molar-refractivity contribution is 6.02. The number of benzene rings is 1. The molecule has 24 heavy (non-hydrogen) atoms. The lowest BCUT2D eigenvalue weighted by Crippen LogP contribution is -2.34. The van der Waals surface area contributed by atoms with Gasteiger partial charge in [0.05, 0.1) is 12.1 Å². The third-order valence-corrected chi connectivity index (χ3v) is 3.82. The highest BCUT2D eigenvalue weighted by Gasteiger charge is 2.28. The Morgan fingerprint density at radius 1 is 1.21 bits per heavy atom. The van der Waals surface area contributed by atoms with E-state index in [4.69, 9.17) is 4.74 Å². The Morgan fingerprint density at radius 2 is 1.88 bits per heavy atom. The summed E-state index contributed by atoms with van der Waals surface area (Å²) >= 11 is 0. The zero-order valence-electron chi connectivity index (χ0n) is 14.4. The molecule has 1 N–H and O–H groups in total. The number of ether oxygens (including phenoxy) is 1. The van der Waals surface area contributed by atoms with E-state index in [1.165, 1.54) is 4.90 Å². The van der Waals surface area contributed by atoms with Gasteiger partial charge in [-0.2, -0.15) is 0 Å². The van der Waals surface area contributed by atoms with Crippen LogP contribution in [0.15, 0.2) is 24.3 Å². The Balaban J connectivity index is 1.87. The maximum atomic E-state index is 12.1. The summed E-state index contributed by atoms with van der Waals surface area (Å²) in [6.45, 7) is 5.95. The quantitative estimate of drug-likeness (QED) is 0.777. The normalized spacial score (nSPS) is 15.8. The van der Waals surface area contributed by atoms with E-state index in [-0.39, 0.29) is 55.7 Å². The summed E-state index contributed by atoms with van der Waals surface area (Å²) in [6.07, 6.45) is 0.698. The van der Waals surface area contributed by atoms with E-state index in [2.05, 4.69) is 5.32 Å². The lowest BCUT2D eigenvalue weighted by Gasteiger charge is -2.18. The molecular formula is C18H24N2O4. The third kappa shape index (κ3) is 4.81. The van der Waals surface area contributed by atoms with Gasteiger partial charge in [0.2, 0.25) is 17.7 Å². The summed E-state index contributed by atoms with van der Waals surface area (Å²) in [4.78, 5) is 36.3. The molecule has 1 heterocycles.